The molecule has 0 saturated heterocycles. The second-order valence-corrected chi connectivity index (χ2v) is 1.32. The van der Waals surface area contributed by atoms with Crippen LogP contribution in [0.5, 0.6) is 0 Å². The van der Waals surface area contributed by atoms with Gasteiger partial charge in [0.15, 0.2) is 0 Å². The van der Waals surface area contributed by atoms with Crippen LogP contribution >= 0.6 is 0 Å². The van der Waals surface area contributed by atoms with Crippen LogP contribution in [0, 0.1) is 0 Å². The molecule has 0 aromatic carbocycles. The first-order valence-electron chi connectivity index (χ1n) is 2.29. The van der Waals surface area contributed by atoms with Gasteiger partial charge in [0.05, 0.1) is 0 Å². The van der Waals surface area contributed by atoms with Crippen molar-refractivity contribution in [3.05, 3.63) is 12.7 Å². The first-order valence-corrected chi connectivity index (χ1v) is 2.29. The van der Waals surface area contributed by atoms with Crippen molar-refractivity contribution >= 4 is 11.9 Å². The van der Waals surface area contributed by atoms with E-state index in [1.807, 2.05) is 0 Å². The number of hydrogen-bond acceptors (Lipinski definition) is 2. The number of carboxylic acid groups (broad SMARTS) is 1. The molecule has 0 aliphatic carbocycles. The summed E-state index contributed by atoms with van der Waals surface area (Å²) in [6.45, 7) is 2.78. The average Bonchev–Trinajstić information content (AvgIpc) is 1.83. The van der Waals surface area contributed by atoms with Gasteiger partial charge in [0, 0.05) is 0 Å². The lowest BCUT2D eigenvalue weighted by Crippen LogP contribution is -2.27. The van der Waals surface area contributed by atoms with Crippen molar-refractivity contribution in [1.29, 1.82) is 0 Å². The van der Waals surface area contributed by atoms with Gasteiger partial charge in [0.1, 0.15) is 6.54 Å². The molecule has 0 unspecified atom stereocenters. The van der Waals surface area contributed by atoms with Crippen molar-refractivity contribution in [3.8, 4) is 0 Å². The Morgan fingerprint density at radius 1 is 1.67 bits per heavy atom. The Morgan fingerprint density at radius 2 is 2.22 bits per heavy atom. The van der Waals surface area contributed by atoms with Gasteiger partial charge in [-0.3, -0.25) is 9.59 Å². The molecule has 0 aromatic heterocycles. The lowest BCUT2D eigenvalue weighted by atomic mass is 10.7. The van der Waals surface area contributed by atoms with Gasteiger partial charge in [-0.15, -0.1) is 0 Å². The molecule has 0 fully saturated rings. The molecule has 4 nitrogen and oxygen atoms in total. The Hall–Kier alpha value is -1.32. The zero-order valence-corrected chi connectivity index (χ0v) is 4.76. The van der Waals surface area contributed by atoms with Crippen molar-refractivity contribution in [3.63, 3.8) is 0 Å². The summed E-state index contributed by atoms with van der Waals surface area (Å²) in [5, 5.41) is 10.1. The molecule has 0 bridgehead atoms. The predicted molar refractivity (Wildman–Crippen MR) is 30.8 cm³/mol. The summed E-state index contributed by atoms with van der Waals surface area (Å²) in [5.74, 6) is -1.54. The monoisotopic (exact) mass is 132 g/mol. The minimum Gasteiger partial charge on any atom is -0.480 e. The summed E-state index contributed by atoms with van der Waals surface area (Å²) in [6, 6.07) is 0. The van der Waals surface area contributed by atoms with Crippen LogP contribution < -0.4 is 5.32 Å². The third kappa shape index (κ3) is 4.53. The molecule has 9 heavy (non-hydrogen) atoms. The zero-order chi connectivity index (χ0) is 7.28. The number of aliphatic carboxylic acids is 1. The van der Waals surface area contributed by atoms with E-state index in [-0.39, 0.29) is 6.54 Å². The normalized spacial score (nSPS) is 8.00. The molecule has 4 heteroatoms. The Kier molecular flexibility index (Phi) is 3.12. The Balaban J connectivity index is 3.39. The van der Waals surface area contributed by atoms with Crippen LogP contribution in [0.3, 0.4) is 0 Å². The molecule has 0 aromatic rings. The predicted octanol–water partition coefficient (Wildman–Crippen LogP) is -0.627. The molecule has 0 aliphatic heterocycles. The first kappa shape index (κ1) is 7.68. The van der Waals surface area contributed by atoms with Crippen molar-refractivity contribution in [2.75, 3.05) is 6.54 Å². The number of nitrogens with one attached hydrogen (secondary N) is 1. The fourth-order valence-electron chi connectivity index (χ4n) is 0.235. The van der Waals surface area contributed by atoms with Gasteiger partial charge in [-0.25, -0.2) is 0 Å². The highest BCUT2D eigenvalue weighted by Crippen LogP contribution is 1.65. The molecular formula is C5H7NO3. The van der Waals surface area contributed by atoms with E-state index in [9.17, 15) is 9.59 Å². The van der Waals surface area contributed by atoms with E-state index in [1.54, 1.807) is 0 Å². The lowest BCUT2D eigenvalue weighted by molar-refractivity contribution is -0.137. The Labute approximate surface area is 52.2 Å². The second kappa shape index (κ2) is 3.65. The number of carbonyl (C=O) groups is 2. The van der Waals surface area contributed by atoms with Crippen molar-refractivity contribution in [2.24, 2.45) is 0 Å². The maximum Gasteiger partial charge on any atom is 0.322 e. The van der Waals surface area contributed by atoms with E-state index < -0.39 is 11.9 Å². The average molecular weight is 132 g/mol. The van der Waals surface area contributed by atoms with Crippen molar-refractivity contribution < 1.29 is 14.7 Å². The smallest absolute Gasteiger partial charge is 0.322 e. The third-order valence-electron chi connectivity index (χ3n) is 0.599. The lowest BCUT2D eigenvalue weighted by Gasteiger charge is -1.93. The summed E-state index contributed by atoms with van der Waals surface area (Å²) in [5.41, 5.74) is 0. The quantitative estimate of drug-likeness (QED) is 0.305. The van der Waals surface area contributed by atoms with Crippen LogP contribution in [0.15, 0.2) is 12.7 Å². The fraction of sp³-hybridized carbons (Fsp3) is 0.200. The van der Waals surface area contributed by atoms with Gasteiger partial charge in [0.25, 0.3) is 0 Å². The standard InChI is InChI=1S/C5H7NO3/c1-2-4(7)6-3-5(8)9/h2H,1,3H2,(H,6,7)(H,8,9)/i3+1,5+1,6+1. The summed E-state index contributed by atoms with van der Waals surface area (Å²) in [7, 11) is 0. The molecule has 0 heterocycles. The first-order chi connectivity index (χ1) is 4.16. The highest BCUT2D eigenvalue weighted by atomic mass is 16.5. The molecule has 0 aliphatic rings. The Morgan fingerprint density at radius 3 is 2.56 bits per heavy atom. The van der Waals surface area contributed by atoms with Gasteiger partial charge in [-0.2, -0.15) is 0 Å². The summed E-state index contributed by atoms with van der Waals surface area (Å²) in [6.07, 6.45) is 1.02. The highest BCUT2D eigenvalue weighted by molar-refractivity contribution is 5.89. The molecule has 2 N–H and O–H groups in total. The van der Waals surface area contributed by atoms with E-state index in [2.05, 4.69) is 11.9 Å². The number of hydrogen-bond donors (Lipinski definition) is 2. The zero-order valence-electron chi connectivity index (χ0n) is 4.76. The molecule has 50 valence electrons. The minimum atomic E-state index is -1.06. The molecule has 1 amide bonds. The third-order valence-corrected chi connectivity index (χ3v) is 0.599. The minimum absolute atomic E-state index is 0.356. The fourth-order valence-corrected chi connectivity index (χ4v) is 0.235. The van der Waals surface area contributed by atoms with Crippen molar-refractivity contribution in [1.82, 2.24) is 5.32 Å². The van der Waals surface area contributed by atoms with Crippen LogP contribution in [-0.2, 0) is 9.59 Å². The van der Waals surface area contributed by atoms with Gasteiger partial charge in [-0.1, -0.05) is 6.58 Å². The van der Waals surface area contributed by atoms with Crippen LogP contribution in [-0.4, -0.2) is 23.5 Å². The summed E-state index contributed by atoms with van der Waals surface area (Å²) >= 11 is 0. The molecule has 0 saturated carbocycles. The molecule has 0 spiro atoms. The van der Waals surface area contributed by atoms with Gasteiger partial charge in [0.2, 0.25) is 5.91 Å². The summed E-state index contributed by atoms with van der Waals surface area (Å²) < 4.78 is 0. The SMILES string of the molecule is C=CC(=O)[15NH][13CH2][13C](=O)O. The van der Waals surface area contributed by atoms with E-state index >= 15 is 0 Å². The van der Waals surface area contributed by atoms with E-state index in [0.29, 0.717) is 0 Å². The van der Waals surface area contributed by atoms with E-state index in [1.165, 1.54) is 0 Å². The highest BCUT2D eigenvalue weighted by Gasteiger charge is 1.96. The van der Waals surface area contributed by atoms with Crippen molar-refractivity contribution in [2.45, 2.75) is 0 Å². The van der Waals surface area contributed by atoms with Gasteiger partial charge >= 0.3 is 5.97 Å². The Bertz CT molecular complexity index is 141. The molecule has 0 atom stereocenters. The van der Waals surface area contributed by atoms with E-state index in [0.717, 1.165) is 6.08 Å². The number of carboxylic acids is 1. The van der Waals surface area contributed by atoms with Gasteiger partial charge in [-0.05, 0) is 6.08 Å². The van der Waals surface area contributed by atoms with Crippen LogP contribution in [0.1, 0.15) is 0 Å². The maximum atomic E-state index is 10.2. The molecular weight excluding hydrogens is 125 g/mol. The largest absolute Gasteiger partial charge is 0.480 e. The van der Waals surface area contributed by atoms with Crippen LogP contribution in [0.2, 0.25) is 0 Å². The number of rotatable bonds is 3. The molecule has 0 rings (SSSR count). The topological polar surface area (TPSA) is 66.4 Å². The van der Waals surface area contributed by atoms with Gasteiger partial charge < -0.3 is 10.4 Å². The second-order valence-electron chi connectivity index (χ2n) is 1.32. The van der Waals surface area contributed by atoms with E-state index in [4.69, 9.17) is 5.11 Å². The number of amides is 1. The van der Waals surface area contributed by atoms with Crippen LogP contribution in [0.4, 0.5) is 0 Å². The number of carbonyl (C=O) groups excluding carboxylic acids is 1. The molecule has 0 radical (unpaired) electrons. The van der Waals surface area contributed by atoms with Crippen LogP contribution in [0.25, 0.3) is 0 Å². The maximum absolute atomic E-state index is 10.2. The summed E-state index contributed by atoms with van der Waals surface area (Å²) in [4.78, 5) is 20.0.